The Morgan fingerprint density at radius 3 is 2.50 bits per heavy atom. The van der Waals surface area contributed by atoms with Crippen molar-refractivity contribution < 1.29 is 4.79 Å². The van der Waals surface area contributed by atoms with Crippen molar-refractivity contribution in [3.05, 3.63) is 72.1 Å². The second kappa shape index (κ2) is 8.95. The summed E-state index contributed by atoms with van der Waals surface area (Å²) in [6, 6.07) is 18.2. The Kier molecular flexibility index (Phi) is 5.93. The zero-order valence-electron chi connectivity index (χ0n) is 17.5. The number of urea groups is 1. The molecule has 0 atom stereocenters. The van der Waals surface area contributed by atoms with Crippen LogP contribution in [0, 0.1) is 6.92 Å². The molecule has 1 aliphatic rings. The van der Waals surface area contributed by atoms with Gasteiger partial charge < -0.3 is 15.1 Å². The van der Waals surface area contributed by atoms with Crippen molar-refractivity contribution in [3.63, 3.8) is 0 Å². The molecule has 154 valence electrons. The third-order valence-electron chi connectivity index (χ3n) is 5.60. The molecule has 0 unspecified atom stereocenters. The van der Waals surface area contributed by atoms with Crippen LogP contribution >= 0.6 is 0 Å². The number of aryl methyl sites for hydroxylation is 2. The Bertz CT molecular complexity index is 1030. The number of anilines is 2. The second-order valence-electron chi connectivity index (χ2n) is 7.49. The van der Waals surface area contributed by atoms with Crippen molar-refractivity contribution in [2.75, 3.05) is 36.4 Å². The van der Waals surface area contributed by atoms with Gasteiger partial charge in [0.1, 0.15) is 12.1 Å². The Balaban J connectivity index is 1.41. The Morgan fingerprint density at radius 2 is 1.73 bits per heavy atom. The van der Waals surface area contributed by atoms with Crippen LogP contribution in [-0.2, 0) is 6.42 Å². The number of carbonyl (C=O) groups is 1. The quantitative estimate of drug-likeness (QED) is 0.705. The van der Waals surface area contributed by atoms with E-state index in [2.05, 4.69) is 52.2 Å². The zero-order valence-corrected chi connectivity index (χ0v) is 17.5. The van der Waals surface area contributed by atoms with Crippen LogP contribution < -0.4 is 10.2 Å². The van der Waals surface area contributed by atoms with Crippen molar-refractivity contribution in [2.24, 2.45) is 0 Å². The maximum atomic E-state index is 12.7. The maximum Gasteiger partial charge on any atom is 0.321 e. The van der Waals surface area contributed by atoms with E-state index in [4.69, 9.17) is 0 Å². The molecule has 2 aromatic carbocycles. The first kappa shape index (κ1) is 19.9. The molecule has 3 aromatic rings. The van der Waals surface area contributed by atoms with Gasteiger partial charge in [-0.3, -0.25) is 0 Å². The van der Waals surface area contributed by atoms with Crippen LogP contribution in [0.3, 0.4) is 0 Å². The number of aromatic nitrogens is 2. The molecule has 1 N–H and O–H groups in total. The summed E-state index contributed by atoms with van der Waals surface area (Å²) in [6.45, 7) is 6.98. The third-order valence-corrected chi connectivity index (χ3v) is 5.60. The summed E-state index contributed by atoms with van der Waals surface area (Å²) in [4.78, 5) is 25.7. The van der Waals surface area contributed by atoms with Gasteiger partial charge in [-0.05, 0) is 30.5 Å². The molecule has 6 nitrogen and oxygen atoms in total. The van der Waals surface area contributed by atoms with Gasteiger partial charge in [0.2, 0.25) is 0 Å². The van der Waals surface area contributed by atoms with E-state index in [9.17, 15) is 4.79 Å². The maximum absolute atomic E-state index is 12.7. The van der Waals surface area contributed by atoms with Crippen molar-refractivity contribution in [2.45, 2.75) is 20.3 Å². The van der Waals surface area contributed by atoms with Crippen LogP contribution in [0.1, 0.15) is 18.1 Å². The molecule has 0 aliphatic carbocycles. The molecule has 4 rings (SSSR count). The lowest BCUT2D eigenvalue weighted by atomic mass is 10.1. The van der Waals surface area contributed by atoms with Crippen LogP contribution in [0.2, 0.25) is 0 Å². The molecule has 0 bridgehead atoms. The molecule has 1 aromatic heterocycles. The summed E-state index contributed by atoms with van der Waals surface area (Å²) in [7, 11) is 0. The third kappa shape index (κ3) is 4.27. The SMILES string of the molecule is CCc1ccccc1NC(=O)N1CCN(c2cc(-c3ccccc3C)ncn2)CC1. The van der Waals surface area contributed by atoms with Gasteiger partial charge in [-0.25, -0.2) is 14.8 Å². The summed E-state index contributed by atoms with van der Waals surface area (Å²) in [5.41, 5.74) is 5.28. The number of nitrogens with one attached hydrogen (secondary N) is 1. The van der Waals surface area contributed by atoms with Gasteiger partial charge in [0.25, 0.3) is 0 Å². The lowest BCUT2D eigenvalue weighted by molar-refractivity contribution is 0.208. The van der Waals surface area contributed by atoms with Gasteiger partial charge in [-0.2, -0.15) is 0 Å². The summed E-state index contributed by atoms with van der Waals surface area (Å²) in [5.74, 6) is 0.902. The number of carbonyl (C=O) groups excluding carboxylic acids is 1. The molecule has 0 radical (unpaired) electrons. The first-order valence-corrected chi connectivity index (χ1v) is 10.4. The Morgan fingerprint density at radius 1 is 1.00 bits per heavy atom. The highest BCUT2D eigenvalue weighted by atomic mass is 16.2. The topological polar surface area (TPSA) is 61.4 Å². The lowest BCUT2D eigenvalue weighted by Crippen LogP contribution is -2.50. The molecule has 1 fully saturated rings. The zero-order chi connectivity index (χ0) is 20.9. The van der Waals surface area contributed by atoms with Gasteiger partial charge in [0.15, 0.2) is 0 Å². The van der Waals surface area contributed by atoms with Crippen molar-refractivity contribution >= 4 is 17.5 Å². The van der Waals surface area contributed by atoms with Crippen LogP contribution in [0.25, 0.3) is 11.3 Å². The highest BCUT2D eigenvalue weighted by Crippen LogP contribution is 2.24. The van der Waals surface area contributed by atoms with E-state index in [1.807, 2.05) is 41.3 Å². The smallest absolute Gasteiger partial charge is 0.321 e. The van der Waals surface area contributed by atoms with Gasteiger partial charge in [0, 0.05) is 43.5 Å². The highest BCUT2D eigenvalue weighted by molar-refractivity contribution is 5.90. The van der Waals surface area contributed by atoms with Gasteiger partial charge in [-0.15, -0.1) is 0 Å². The van der Waals surface area contributed by atoms with E-state index in [0.29, 0.717) is 13.1 Å². The van der Waals surface area contributed by atoms with E-state index in [1.165, 1.54) is 5.56 Å². The normalized spacial score (nSPS) is 13.9. The first-order chi connectivity index (χ1) is 14.7. The summed E-state index contributed by atoms with van der Waals surface area (Å²) >= 11 is 0. The van der Waals surface area contributed by atoms with Crippen LogP contribution in [-0.4, -0.2) is 47.1 Å². The number of nitrogens with zero attached hydrogens (tertiary/aromatic N) is 4. The monoisotopic (exact) mass is 401 g/mol. The largest absolute Gasteiger partial charge is 0.353 e. The minimum atomic E-state index is -0.0427. The highest BCUT2D eigenvalue weighted by Gasteiger charge is 2.22. The van der Waals surface area contributed by atoms with E-state index < -0.39 is 0 Å². The van der Waals surface area contributed by atoms with Crippen molar-refractivity contribution in [1.29, 1.82) is 0 Å². The molecule has 2 amide bonds. The predicted octanol–water partition coefficient (Wildman–Crippen LogP) is 4.37. The fraction of sp³-hybridized carbons (Fsp3) is 0.292. The van der Waals surface area contributed by atoms with Gasteiger partial charge in [-0.1, -0.05) is 49.4 Å². The Hall–Kier alpha value is -3.41. The first-order valence-electron chi connectivity index (χ1n) is 10.4. The lowest BCUT2D eigenvalue weighted by Gasteiger charge is -2.35. The van der Waals surface area contributed by atoms with Crippen LogP contribution in [0.5, 0.6) is 0 Å². The summed E-state index contributed by atoms with van der Waals surface area (Å²) in [5, 5.41) is 3.07. The minimum Gasteiger partial charge on any atom is -0.353 e. The molecule has 30 heavy (non-hydrogen) atoms. The molecular weight excluding hydrogens is 374 g/mol. The van der Waals surface area contributed by atoms with E-state index in [-0.39, 0.29) is 6.03 Å². The van der Waals surface area contributed by atoms with Gasteiger partial charge in [0.05, 0.1) is 5.69 Å². The minimum absolute atomic E-state index is 0.0427. The second-order valence-corrected chi connectivity index (χ2v) is 7.49. The Labute approximate surface area is 177 Å². The van der Waals surface area contributed by atoms with Crippen molar-refractivity contribution in [3.8, 4) is 11.3 Å². The number of hydrogen-bond donors (Lipinski definition) is 1. The number of rotatable bonds is 4. The molecule has 2 heterocycles. The number of amides is 2. The fourth-order valence-electron chi connectivity index (χ4n) is 3.81. The summed E-state index contributed by atoms with van der Waals surface area (Å²) < 4.78 is 0. The number of para-hydroxylation sites is 1. The number of piperazine rings is 1. The van der Waals surface area contributed by atoms with E-state index >= 15 is 0 Å². The van der Waals surface area contributed by atoms with E-state index in [0.717, 1.165) is 47.8 Å². The molecule has 6 heteroatoms. The average molecular weight is 402 g/mol. The standard InChI is InChI=1S/C24H27N5O/c1-3-19-9-5-7-11-21(19)27-24(30)29-14-12-28(13-15-29)23-16-22(25-17-26-23)20-10-6-4-8-18(20)2/h4-11,16-17H,3,12-15H2,1-2H3,(H,27,30). The number of hydrogen-bond acceptors (Lipinski definition) is 4. The predicted molar refractivity (Wildman–Crippen MR) is 121 cm³/mol. The van der Waals surface area contributed by atoms with Crippen molar-refractivity contribution in [1.82, 2.24) is 14.9 Å². The molecule has 1 aliphatic heterocycles. The fourth-order valence-corrected chi connectivity index (χ4v) is 3.81. The molecule has 0 spiro atoms. The van der Waals surface area contributed by atoms with Crippen LogP contribution in [0.4, 0.5) is 16.3 Å². The number of benzene rings is 2. The summed E-state index contributed by atoms with van der Waals surface area (Å²) in [6.07, 6.45) is 2.51. The van der Waals surface area contributed by atoms with E-state index in [1.54, 1.807) is 6.33 Å². The van der Waals surface area contributed by atoms with Crippen LogP contribution in [0.15, 0.2) is 60.9 Å². The molecule has 1 saturated heterocycles. The molecule has 0 saturated carbocycles. The average Bonchev–Trinajstić information content (AvgIpc) is 2.80. The van der Waals surface area contributed by atoms with Gasteiger partial charge >= 0.3 is 6.03 Å². The molecular formula is C24H27N5O.